The molecule has 0 aliphatic heterocycles. The molecule has 110 valence electrons. The zero-order chi connectivity index (χ0) is 14.2. The summed E-state index contributed by atoms with van der Waals surface area (Å²) >= 11 is 2.22. The predicted molar refractivity (Wildman–Crippen MR) is 79.9 cm³/mol. The summed E-state index contributed by atoms with van der Waals surface area (Å²) in [6.45, 7) is 15.1. The fourth-order valence-electron chi connectivity index (χ4n) is 0.961. The van der Waals surface area contributed by atoms with Crippen molar-refractivity contribution in [3.8, 4) is 0 Å². The predicted octanol–water partition coefficient (Wildman–Crippen LogP) is 2.67. The summed E-state index contributed by atoms with van der Waals surface area (Å²) in [5.41, 5.74) is 0. The first-order valence-corrected chi connectivity index (χ1v) is 6.51. The van der Waals surface area contributed by atoms with Gasteiger partial charge in [0.2, 0.25) is 0 Å². The van der Waals surface area contributed by atoms with Gasteiger partial charge >= 0.3 is 0 Å². The van der Waals surface area contributed by atoms with E-state index >= 15 is 0 Å². The maximum absolute atomic E-state index is 7.40. The molecule has 0 rings (SSSR count). The Kier molecular flexibility index (Phi) is 28.0. The standard InChI is InChI=1S/C12H26N2S2.4Y/c1-10(12(4,5)16)14-8-6-7-13-9-11(2,3)15;;;;/h7,9-10,13-16H,6,8H2,1-5H3;;;;/q-2;;;;/i/hT2. The van der Waals surface area contributed by atoms with Gasteiger partial charge < -0.3 is 17.2 Å². The van der Waals surface area contributed by atoms with E-state index in [0.29, 0.717) is 6.04 Å². The minimum absolute atomic E-state index is 0. The summed E-state index contributed by atoms with van der Waals surface area (Å²) in [5, 5.41) is 6.55. The molecule has 0 aliphatic carbocycles. The Labute approximate surface area is 240 Å². The van der Waals surface area contributed by atoms with Crippen LogP contribution in [0.25, 0.3) is 0 Å². The largest absolute Gasteiger partial charge is 0.618 e. The minimum atomic E-state index is -0.166. The maximum atomic E-state index is 7.40. The van der Waals surface area contributed by atoms with Gasteiger partial charge in [0.05, 0.1) is 0 Å². The first kappa shape index (κ1) is 29.8. The third-order valence-electron chi connectivity index (χ3n) is 2.33. The number of hydrogen-bond acceptors (Lipinski definition) is 4. The Bertz CT molecular complexity index is 241. The van der Waals surface area contributed by atoms with Crippen molar-refractivity contribution >= 4 is 25.1 Å². The molecule has 4 radical (unpaired) electrons. The van der Waals surface area contributed by atoms with Crippen LogP contribution in [-0.4, -0.2) is 24.3 Å². The number of rotatable bonds is 10. The molecule has 0 saturated carbocycles. The number of nitrogens with one attached hydrogen (secondary N) is 2. The summed E-state index contributed by atoms with van der Waals surface area (Å²) in [6, 6.07) is 0.303. The van der Waals surface area contributed by atoms with Crippen molar-refractivity contribution in [2.24, 2.45) is 0 Å². The second kappa shape index (κ2) is 18.8. The SMILES string of the molecule is [3H]SC(C)(C)[CH-]N[CH-]CCNC(C)C(C)(C)S[3H].[Y].[Y].[Y].[Y]. The molecule has 0 amide bonds. The van der Waals surface area contributed by atoms with Crippen molar-refractivity contribution < 1.29 is 131 Å². The van der Waals surface area contributed by atoms with Gasteiger partial charge in [-0.1, -0.05) is 13.8 Å². The molecule has 0 saturated heterocycles. The van der Waals surface area contributed by atoms with E-state index in [1.807, 2.05) is 26.9 Å². The molecule has 0 aromatic heterocycles. The van der Waals surface area contributed by atoms with Gasteiger partial charge in [-0.15, -0.1) is 4.75 Å². The quantitative estimate of drug-likeness (QED) is 0.171. The van der Waals surface area contributed by atoms with Crippen molar-refractivity contribution in [3.05, 3.63) is 13.1 Å². The molecular formula is C12H26N2S2Y4-2. The fraction of sp³-hybridized carbons (Fsp3) is 0.833. The van der Waals surface area contributed by atoms with Crippen molar-refractivity contribution in [2.45, 2.75) is 56.6 Å². The van der Waals surface area contributed by atoms with E-state index in [-0.39, 0.29) is 140 Å². The van der Waals surface area contributed by atoms with Crippen molar-refractivity contribution in [1.82, 2.24) is 10.6 Å². The van der Waals surface area contributed by atoms with E-state index < -0.39 is 0 Å². The van der Waals surface area contributed by atoms with Crippen LogP contribution in [0.3, 0.4) is 0 Å². The first-order chi connectivity index (χ1) is 8.25. The normalized spacial score (nSPS) is 13.4. The van der Waals surface area contributed by atoms with E-state index in [1.54, 1.807) is 0 Å². The molecule has 0 aliphatic rings. The molecule has 0 heterocycles. The molecule has 2 nitrogen and oxygen atoms in total. The molecule has 2 N–H and O–H groups in total. The van der Waals surface area contributed by atoms with Crippen LogP contribution in [0.2, 0.25) is 0 Å². The Balaban J connectivity index is -0.000000241. The van der Waals surface area contributed by atoms with Crippen LogP contribution in [0, 0.1) is 13.1 Å². The van der Waals surface area contributed by atoms with E-state index in [9.17, 15) is 0 Å². The Morgan fingerprint density at radius 3 is 2.10 bits per heavy atom. The first-order valence-electron chi connectivity index (χ1n) is 6.51. The number of thiol groups is 2. The second-order valence-electron chi connectivity index (χ2n) is 5.19. The fourth-order valence-corrected chi connectivity index (χ4v) is 1.11. The summed E-state index contributed by atoms with van der Waals surface area (Å²) in [7, 11) is 0. The average Bonchev–Trinajstić information content (AvgIpc) is 2.33. The van der Waals surface area contributed by atoms with Gasteiger partial charge in [0.1, 0.15) is 2.25 Å². The summed E-state index contributed by atoms with van der Waals surface area (Å²) in [6.07, 6.45) is 0.915. The van der Waals surface area contributed by atoms with Crippen LogP contribution < -0.4 is 10.6 Å². The van der Waals surface area contributed by atoms with Gasteiger partial charge in [0.25, 0.3) is 0 Å². The average molecular weight is 622 g/mol. The molecular weight excluding hydrogens is 592 g/mol. The summed E-state index contributed by atoms with van der Waals surface area (Å²) in [4.78, 5) is 0. The van der Waals surface area contributed by atoms with Crippen LogP contribution in [0.1, 0.15) is 41.0 Å². The zero-order valence-electron chi connectivity index (χ0n) is 15.3. The summed E-state index contributed by atoms with van der Waals surface area (Å²) < 4.78 is 14.4. The van der Waals surface area contributed by atoms with Gasteiger partial charge in [0, 0.05) is 142 Å². The number of hydrogen-bond donors (Lipinski definition) is 4. The van der Waals surface area contributed by atoms with E-state index in [0.717, 1.165) is 38.0 Å². The second-order valence-corrected chi connectivity index (χ2v) is 7.29. The van der Waals surface area contributed by atoms with Gasteiger partial charge in [-0.05, 0) is 27.3 Å². The van der Waals surface area contributed by atoms with Gasteiger partial charge in [-0.3, -0.25) is 6.54 Å². The van der Waals surface area contributed by atoms with Gasteiger partial charge in [-0.2, -0.15) is 19.0 Å². The third-order valence-corrected chi connectivity index (χ3v) is 2.80. The van der Waals surface area contributed by atoms with Crippen molar-refractivity contribution in [1.29, 1.82) is 2.25 Å². The van der Waals surface area contributed by atoms with Gasteiger partial charge in [-0.25, -0.2) is 12.5 Å². The van der Waals surface area contributed by atoms with Crippen LogP contribution in [-0.2, 0) is 131 Å². The molecule has 0 bridgehead atoms. The van der Waals surface area contributed by atoms with Gasteiger partial charge in [0.15, 0.2) is 0 Å². The van der Waals surface area contributed by atoms with E-state index in [2.05, 4.69) is 31.4 Å². The van der Waals surface area contributed by atoms with Crippen LogP contribution in [0.5, 0.6) is 0 Å². The monoisotopic (exact) mass is 622 g/mol. The topological polar surface area (TPSA) is 24.1 Å². The van der Waals surface area contributed by atoms with Crippen molar-refractivity contribution in [3.63, 3.8) is 0 Å². The molecule has 1 atom stereocenters. The Hall–Kier alpha value is 5.04. The zero-order valence-corrected chi connectivity index (χ0v) is 26.3. The molecule has 0 aromatic rings. The van der Waals surface area contributed by atoms with E-state index in [4.69, 9.17) is 2.25 Å². The van der Waals surface area contributed by atoms with E-state index in [1.165, 1.54) is 0 Å². The van der Waals surface area contributed by atoms with Crippen LogP contribution >= 0.6 is 25.1 Å². The Morgan fingerprint density at radius 2 is 1.65 bits per heavy atom. The Morgan fingerprint density at radius 1 is 1.10 bits per heavy atom. The summed E-state index contributed by atoms with van der Waals surface area (Å²) in [5.74, 6) is 0. The molecule has 0 aromatic carbocycles. The molecule has 1 unspecified atom stereocenters. The maximum Gasteiger partial charge on any atom is 0.103 e. The molecule has 20 heavy (non-hydrogen) atoms. The van der Waals surface area contributed by atoms with Crippen LogP contribution in [0.4, 0.5) is 0 Å². The van der Waals surface area contributed by atoms with Crippen molar-refractivity contribution in [2.75, 3.05) is 6.54 Å². The molecule has 8 heteroatoms. The molecule has 0 spiro atoms. The van der Waals surface area contributed by atoms with Crippen LogP contribution in [0.15, 0.2) is 0 Å². The smallest absolute Gasteiger partial charge is 0.103 e. The minimum Gasteiger partial charge on any atom is -0.618 e. The molecule has 0 fully saturated rings. The third kappa shape index (κ3) is 25.3.